The van der Waals surface area contributed by atoms with E-state index < -0.39 is 0 Å². The Kier molecular flexibility index (Phi) is 7.10. The Hall–Kier alpha value is 0.320. The van der Waals surface area contributed by atoms with Crippen molar-refractivity contribution in [3.63, 3.8) is 0 Å². The zero-order chi connectivity index (χ0) is 12.3. The molecule has 0 amide bonds. The summed E-state index contributed by atoms with van der Waals surface area (Å²) in [7, 11) is 0. The molecule has 2 rings (SSSR count). The second-order valence-corrected chi connectivity index (χ2v) is 5.89. The first-order valence-electron chi connectivity index (χ1n) is 5.68. The number of hydrogen-bond acceptors (Lipinski definition) is 2. The third-order valence-electron chi connectivity index (χ3n) is 3.06. The van der Waals surface area contributed by atoms with Gasteiger partial charge in [0.2, 0.25) is 0 Å². The van der Waals surface area contributed by atoms with Crippen molar-refractivity contribution in [2.45, 2.75) is 6.04 Å². The topological polar surface area (TPSA) is 15.3 Å². The Balaban J connectivity index is 0.00000162. The van der Waals surface area contributed by atoms with Crippen LogP contribution in [0.2, 0.25) is 0 Å². The molecule has 102 valence electrons. The molecule has 1 fully saturated rings. The number of alkyl halides is 1. The average Bonchev–Trinajstić information content (AvgIpc) is 2.36. The molecule has 2 nitrogen and oxygen atoms in total. The van der Waals surface area contributed by atoms with Crippen molar-refractivity contribution in [1.82, 2.24) is 10.2 Å². The van der Waals surface area contributed by atoms with Crippen LogP contribution in [-0.4, -0.2) is 37.8 Å². The van der Waals surface area contributed by atoms with Gasteiger partial charge in [0.05, 0.1) is 6.04 Å². The Morgan fingerprint density at radius 2 is 1.94 bits per heavy atom. The van der Waals surface area contributed by atoms with Crippen LogP contribution >= 0.6 is 44.3 Å². The largest absolute Gasteiger partial charge is 0.314 e. The first-order valence-corrected chi connectivity index (χ1v) is 7.26. The van der Waals surface area contributed by atoms with Crippen LogP contribution in [0.1, 0.15) is 11.6 Å². The summed E-state index contributed by atoms with van der Waals surface area (Å²) in [6.45, 7) is 3.31. The van der Waals surface area contributed by atoms with Gasteiger partial charge in [0, 0.05) is 35.1 Å². The van der Waals surface area contributed by atoms with E-state index in [1.165, 1.54) is 0 Å². The highest BCUT2D eigenvalue weighted by atomic mass is 79.9. The summed E-state index contributed by atoms with van der Waals surface area (Å²) >= 11 is 6.95. The average molecular weight is 403 g/mol. The van der Waals surface area contributed by atoms with Crippen LogP contribution in [0.3, 0.4) is 0 Å². The zero-order valence-corrected chi connectivity index (χ0v) is 13.8. The molecule has 0 spiro atoms. The number of rotatable bonds is 3. The van der Waals surface area contributed by atoms with Crippen LogP contribution in [0.15, 0.2) is 27.1 Å². The zero-order valence-electron chi connectivity index (χ0n) is 9.83. The van der Waals surface area contributed by atoms with E-state index in [-0.39, 0.29) is 25.1 Å². The summed E-state index contributed by atoms with van der Waals surface area (Å²) < 4.78 is 15.3. The van der Waals surface area contributed by atoms with Crippen LogP contribution in [0.25, 0.3) is 0 Å². The van der Waals surface area contributed by atoms with Gasteiger partial charge in [0.25, 0.3) is 0 Å². The Bertz CT molecular complexity index is 386. The minimum absolute atomic E-state index is 0. The van der Waals surface area contributed by atoms with Crippen molar-refractivity contribution in [2.24, 2.45) is 0 Å². The van der Waals surface area contributed by atoms with E-state index in [1.54, 1.807) is 0 Å². The maximum Gasteiger partial charge on any atom is 0.109 e. The Morgan fingerprint density at radius 1 is 1.28 bits per heavy atom. The lowest BCUT2D eigenvalue weighted by atomic mass is 10.1. The number of benzene rings is 1. The van der Waals surface area contributed by atoms with Crippen molar-refractivity contribution in [3.8, 4) is 0 Å². The van der Waals surface area contributed by atoms with E-state index in [1.807, 2.05) is 18.2 Å². The van der Waals surface area contributed by atoms with Gasteiger partial charge < -0.3 is 5.32 Å². The number of nitrogens with one attached hydrogen (secondary N) is 1. The predicted molar refractivity (Wildman–Crippen MR) is 82.2 cm³/mol. The molecule has 1 aliphatic heterocycles. The fourth-order valence-corrected chi connectivity index (χ4v) is 3.03. The molecule has 1 heterocycles. The Labute approximate surface area is 130 Å². The van der Waals surface area contributed by atoms with Crippen LogP contribution in [0.5, 0.6) is 0 Å². The van der Waals surface area contributed by atoms with Gasteiger partial charge >= 0.3 is 0 Å². The number of nitrogens with zero attached hydrogens (tertiary/aromatic N) is 1. The molecule has 6 heteroatoms. The van der Waals surface area contributed by atoms with Crippen molar-refractivity contribution in [1.29, 1.82) is 0 Å². The Morgan fingerprint density at radius 3 is 2.56 bits per heavy atom. The molecular weight excluding hydrogens is 386 g/mol. The monoisotopic (exact) mass is 400 g/mol. The van der Waals surface area contributed by atoms with Gasteiger partial charge in [-0.3, -0.25) is 4.90 Å². The first-order chi connectivity index (χ1) is 8.22. The van der Waals surface area contributed by atoms with Crippen LogP contribution in [-0.2, 0) is 0 Å². The highest BCUT2D eigenvalue weighted by Crippen LogP contribution is 2.31. The normalized spacial score (nSPS) is 18.2. The molecule has 0 radical (unpaired) electrons. The third-order valence-corrected chi connectivity index (χ3v) is 4.27. The summed E-state index contributed by atoms with van der Waals surface area (Å²) in [5.74, 6) is 0. The van der Waals surface area contributed by atoms with Gasteiger partial charge in [0.15, 0.2) is 0 Å². The van der Waals surface area contributed by atoms with Gasteiger partial charge in [0.1, 0.15) is 6.67 Å². The second-order valence-electron chi connectivity index (χ2n) is 4.12. The highest BCUT2D eigenvalue weighted by Gasteiger charge is 2.23. The lowest BCUT2D eigenvalue weighted by Crippen LogP contribution is -2.45. The molecule has 0 bridgehead atoms. The molecule has 1 aromatic rings. The van der Waals surface area contributed by atoms with E-state index in [2.05, 4.69) is 42.1 Å². The quantitative estimate of drug-likeness (QED) is 0.832. The summed E-state index contributed by atoms with van der Waals surface area (Å²) in [5.41, 5.74) is 1.02. The number of halogens is 4. The molecule has 18 heavy (non-hydrogen) atoms. The molecule has 1 atom stereocenters. The molecule has 0 saturated carbocycles. The summed E-state index contributed by atoms with van der Waals surface area (Å²) in [6.07, 6.45) is 0. The maximum atomic E-state index is 13.3. The maximum absolute atomic E-state index is 13.3. The molecular formula is C12H16Br2ClFN2. The van der Waals surface area contributed by atoms with Gasteiger partial charge in [-0.05, 0) is 23.8 Å². The molecule has 1 saturated heterocycles. The van der Waals surface area contributed by atoms with Crippen molar-refractivity contribution < 1.29 is 4.39 Å². The van der Waals surface area contributed by atoms with Gasteiger partial charge in [-0.25, -0.2) is 4.39 Å². The lowest BCUT2D eigenvalue weighted by molar-refractivity contribution is 0.147. The smallest absolute Gasteiger partial charge is 0.109 e. The number of piperazine rings is 1. The van der Waals surface area contributed by atoms with Crippen LogP contribution < -0.4 is 5.32 Å². The summed E-state index contributed by atoms with van der Waals surface area (Å²) in [4.78, 5) is 2.20. The minimum Gasteiger partial charge on any atom is -0.314 e. The molecule has 1 aromatic carbocycles. The molecule has 1 N–H and O–H groups in total. The predicted octanol–water partition coefficient (Wildman–Crippen LogP) is 3.55. The molecule has 0 aliphatic carbocycles. The van der Waals surface area contributed by atoms with Crippen LogP contribution in [0, 0.1) is 0 Å². The molecule has 0 aromatic heterocycles. The minimum atomic E-state index is -0.352. The van der Waals surface area contributed by atoms with E-state index in [0.29, 0.717) is 0 Å². The first kappa shape index (κ1) is 16.4. The summed E-state index contributed by atoms with van der Waals surface area (Å²) in [6, 6.07) is 5.77. The van der Waals surface area contributed by atoms with Gasteiger partial charge in [-0.2, -0.15) is 0 Å². The fourth-order valence-electron chi connectivity index (χ4n) is 2.14. The second kappa shape index (κ2) is 7.80. The van der Waals surface area contributed by atoms with E-state index in [9.17, 15) is 4.39 Å². The molecule has 0 unspecified atom stereocenters. The summed E-state index contributed by atoms with van der Waals surface area (Å²) in [5, 5.41) is 3.29. The van der Waals surface area contributed by atoms with Crippen molar-refractivity contribution in [3.05, 3.63) is 32.7 Å². The van der Waals surface area contributed by atoms with Crippen LogP contribution in [0.4, 0.5) is 4.39 Å². The van der Waals surface area contributed by atoms with Crippen molar-refractivity contribution in [2.75, 3.05) is 32.9 Å². The SMILES string of the molecule is Cl.FC[C@@H](c1cc(Br)ccc1Br)N1CCNCC1. The van der Waals surface area contributed by atoms with Crippen molar-refractivity contribution >= 4 is 44.3 Å². The lowest BCUT2D eigenvalue weighted by Gasteiger charge is -2.34. The highest BCUT2D eigenvalue weighted by molar-refractivity contribution is 9.11. The number of hydrogen-bond donors (Lipinski definition) is 1. The van der Waals surface area contributed by atoms with E-state index in [0.717, 1.165) is 40.7 Å². The van der Waals surface area contributed by atoms with E-state index in [4.69, 9.17) is 0 Å². The third kappa shape index (κ3) is 3.90. The standard InChI is InChI=1S/C12H15Br2FN2.ClH/c13-9-1-2-11(14)10(7-9)12(8-15)17-5-3-16-4-6-17;/h1-2,7,12,16H,3-6,8H2;1H/t12-;/m0./s1. The molecule has 1 aliphatic rings. The van der Waals surface area contributed by atoms with Gasteiger partial charge in [-0.1, -0.05) is 31.9 Å². The van der Waals surface area contributed by atoms with Gasteiger partial charge in [-0.15, -0.1) is 12.4 Å². The fraction of sp³-hybridized carbons (Fsp3) is 0.500. The van der Waals surface area contributed by atoms with E-state index >= 15 is 0 Å².